The van der Waals surface area contributed by atoms with Gasteiger partial charge in [-0.05, 0) is 6.07 Å². The van der Waals surface area contributed by atoms with Crippen LogP contribution < -0.4 is 5.73 Å². The fourth-order valence-electron chi connectivity index (χ4n) is 1.18. The summed E-state index contributed by atoms with van der Waals surface area (Å²) in [6.07, 6.45) is 1.66. The quantitative estimate of drug-likeness (QED) is 0.672. The third kappa shape index (κ3) is 1.31. The predicted molar refractivity (Wildman–Crippen MR) is 49.1 cm³/mol. The molecule has 4 heteroatoms. The molecule has 0 radical (unpaired) electrons. The van der Waals surface area contributed by atoms with E-state index in [0.29, 0.717) is 11.3 Å². The fraction of sp³-hybridized carbons (Fsp3) is 0.111. The lowest BCUT2D eigenvalue weighted by Crippen LogP contribution is -2.02. The molecule has 66 valence electrons. The van der Waals surface area contributed by atoms with Crippen molar-refractivity contribution in [3.63, 3.8) is 0 Å². The van der Waals surface area contributed by atoms with E-state index in [4.69, 9.17) is 5.73 Å². The maximum atomic E-state index is 9.46. The van der Waals surface area contributed by atoms with Gasteiger partial charge in [0.1, 0.15) is 17.1 Å². The van der Waals surface area contributed by atoms with Crippen molar-refractivity contribution < 1.29 is 5.11 Å². The topological polar surface area (TPSA) is 72.0 Å². The largest absolute Gasteiger partial charge is 0.506 e. The number of phenolic OH excluding ortho intramolecular Hbond substituents is 1. The Kier molecular flexibility index (Phi) is 1.83. The number of nitrogens with two attached hydrogens (primary N) is 1. The van der Waals surface area contributed by atoms with Crippen molar-refractivity contribution in [2.45, 2.75) is 6.54 Å². The number of hydrogen-bond donors (Lipinski definition) is 2. The highest BCUT2D eigenvalue weighted by Gasteiger charge is 2.01. The minimum absolute atomic E-state index is 0.162. The molecule has 0 spiro atoms. The Labute approximate surface area is 75.1 Å². The predicted octanol–water partition coefficient (Wildman–Crippen LogP) is 0.794. The lowest BCUT2D eigenvalue weighted by atomic mass is 10.2. The molecule has 0 aliphatic rings. The van der Waals surface area contributed by atoms with Crippen molar-refractivity contribution in [3.8, 4) is 5.75 Å². The van der Waals surface area contributed by atoms with Crippen LogP contribution in [-0.4, -0.2) is 15.1 Å². The first-order valence-electron chi connectivity index (χ1n) is 3.95. The number of aromatic hydroxyl groups is 1. The second kappa shape index (κ2) is 2.99. The summed E-state index contributed by atoms with van der Waals surface area (Å²) in [5.74, 6) is 0.698. The minimum Gasteiger partial charge on any atom is -0.506 e. The highest BCUT2D eigenvalue weighted by Crippen LogP contribution is 2.20. The van der Waals surface area contributed by atoms with E-state index in [-0.39, 0.29) is 12.3 Å². The van der Waals surface area contributed by atoms with Gasteiger partial charge in [-0.3, -0.25) is 0 Å². The van der Waals surface area contributed by atoms with E-state index in [2.05, 4.69) is 9.97 Å². The van der Waals surface area contributed by atoms with E-state index in [0.717, 1.165) is 5.39 Å². The van der Waals surface area contributed by atoms with Gasteiger partial charge in [0.05, 0.1) is 6.54 Å². The van der Waals surface area contributed by atoms with E-state index in [1.165, 1.54) is 0 Å². The molecule has 4 nitrogen and oxygen atoms in total. The van der Waals surface area contributed by atoms with Crippen molar-refractivity contribution >= 4 is 10.9 Å². The number of nitrogens with zero attached hydrogens (tertiary/aromatic N) is 2. The number of aromatic nitrogens is 2. The van der Waals surface area contributed by atoms with Crippen LogP contribution in [0.3, 0.4) is 0 Å². The lowest BCUT2D eigenvalue weighted by Gasteiger charge is -2.00. The molecule has 0 atom stereocenters. The van der Waals surface area contributed by atoms with E-state index >= 15 is 0 Å². The first kappa shape index (κ1) is 7.94. The lowest BCUT2D eigenvalue weighted by molar-refractivity contribution is 0.480. The van der Waals surface area contributed by atoms with E-state index in [9.17, 15) is 5.11 Å². The Bertz CT molecular complexity index is 442. The van der Waals surface area contributed by atoms with Gasteiger partial charge in [0.2, 0.25) is 0 Å². The molecule has 0 fully saturated rings. The minimum atomic E-state index is 0.162. The summed E-state index contributed by atoms with van der Waals surface area (Å²) in [4.78, 5) is 8.13. The van der Waals surface area contributed by atoms with Crippen LogP contribution in [-0.2, 0) is 6.54 Å². The number of para-hydroxylation sites is 1. The molecule has 1 heterocycles. The molecule has 0 aliphatic heterocycles. The first-order valence-corrected chi connectivity index (χ1v) is 3.95. The first-order chi connectivity index (χ1) is 6.31. The van der Waals surface area contributed by atoms with Gasteiger partial charge in [-0.2, -0.15) is 0 Å². The summed E-state index contributed by atoms with van der Waals surface area (Å²) >= 11 is 0. The molecular formula is C9H9N3O. The highest BCUT2D eigenvalue weighted by atomic mass is 16.3. The SMILES string of the molecule is NCc1ncc2cccc(O)c2n1. The van der Waals surface area contributed by atoms with E-state index in [1.54, 1.807) is 18.3 Å². The van der Waals surface area contributed by atoms with Crippen molar-refractivity contribution in [2.75, 3.05) is 0 Å². The van der Waals surface area contributed by atoms with Crippen LogP contribution >= 0.6 is 0 Å². The van der Waals surface area contributed by atoms with Gasteiger partial charge < -0.3 is 10.8 Å². The Balaban J connectivity index is 2.74. The zero-order valence-electron chi connectivity index (χ0n) is 6.94. The van der Waals surface area contributed by atoms with Crippen LogP contribution in [0.5, 0.6) is 5.75 Å². The molecule has 0 saturated carbocycles. The molecule has 0 unspecified atom stereocenters. The number of fused-ring (bicyclic) bond motifs is 1. The molecule has 3 N–H and O–H groups in total. The molecule has 2 aromatic rings. The van der Waals surface area contributed by atoms with Crippen molar-refractivity contribution in [3.05, 3.63) is 30.2 Å². The number of rotatable bonds is 1. The second-order valence-corrected chi connectivity index (χ2v) is 2.71. The zero-order valence-corrected chi connectivity index (χ0v) is 6.94. The standard InChI is InChI=1S/C9H9N3O/c10-4-8-11-5-6-2-1-3-7(13)9(6)12-8/h1-3,5,13H,4,10H2. The zero-order chi connectivity index (χ0) is 9.26. The van der Waals surface area contributed by atoms with E-state index < -0.39 is 0 Å². The van der Waals surface area contributed by atoms with Crippen LogP contribution in [0.1, 0.15) is 5.82 Å². The fourth-order valence-corrected chi connectivity index (χ4v) is 1.18. The molecule has 1 aromatic carbocycles. The Hall–Kier alpha value is -1.68. The van der Waals surface area contributed by atoms with Gasteiger partial charge >= 0.3 is 0 Å². The summed E-state index contributed by atoms with van der Waals surface area (Å²) in [6.45, 7) is 0.282. The van der Waals surface area contributed by atoms with Crippen LogP contribution in [0.25, 0.3) is 10.9 Å². The Morgan fingerprint density at radius 3 is 3.00 bits per heavy atom. The van der Waals surface area contributed by atoms with E-state index in [1.807, 2.05) is 6.07 Å². The molecule has 13 heavy (non-hydrogen) atoms. The van der Waals surface area contributed by atoms with Crippen LogP contribution in [0.2, 0.25) is 0 Å². The average molecular weight is 175 g/mol. The third-order valence-corrected chi connectivity index (χ3v) is 1.82. The van der Waals surface area contributed by atoms with Crippen LogP contribution in [0.4, 0.5) is 0 Å². The van der Waals surface area contributed by atoms with Gasteiger partial charge in [-0.15, -0.1) is 0 Å². The average Bonchev–Trinajstić information content (AvgIpc) is 2.18. The second-order valence-electron chi connectivity index (χ2n) is 2.71. The third-order valence-electron chi connectivity index (χ3n) is 1.82. The molecule has 1 aromatic heterocycles. The van der Waals surface area contributed by atoms with Crippen LogP contribution in [0.15, 0.2) is 24.4 Å². The number of hydrogen-bond acceptors (Lipinski definition) is 4. The number of benzene rings is 1. The van der Waals surface area contributed by atoms with Crippen molar-refractivity contribution in [1.82, 2.24) is 9.97 Å². The molecule has 2 rings (SSSR count). The van der Waals surface area contributed by atoms with Gasteiger partial charge in [0.25, 0.3) is 0 Å². The van der Waals surface area contributed by atoms with Gasteiger partial charge in [0.15, 0.2) is 0 Å². The molecular weight excluding hydrogens is 166 g/mol. The molecule has 0 aliphatic carbocycles. The Morgan fingerprint density at radius 2 is 2.23 bits per heavy atom. The summed E-state index contributed by atoms with van der Waals surface area (Å²) in [7, 11) is 0. The monoisotopic (exact) mass is 175 g/mol. The molecule has 0 saturated heterocycles. The van der Waals surface area contributed by atoms with Crippen LogP contribution in [0, 0.1) is 0 Å². The summed E-state index contributed by atoms with van der Waals surface area (Å²) in [5, 5.41) is 10.3. The number of phenols is 1. The maximum Gasteiger partial charge on any atom is 0.142 e. The normalized spacial score (nSPS) is 10.5. The summed E-state index contributed by atoms with van der Waals surface area (Å²) in [5.41, 5.74) is 5.94. The molecule has 0 bridgehead atoms. The Morgan fingerprint density at radius 1 is 1.38 bits per heavy atom. The van der Waals surface area contributed by atoms with Gasteiger partial charge in [-0.25, -0.2) is 9.97 Å². The van der Waals surface area contributed by atoms with Crippen molar-refractivity contribution in [2.24, 2.45) is 5.73 Å². The van der Waals surface area contributed by atoms with Gasteiger partial charge in [-0.1, -0.05) is 12.1 Å². The molecule has 0 amide bonds. The smallest absolute Gasteiger partial charge is 0.142 e. The van der Waals surface area contributed by atoms with Gasteiger partial charge in [0, 0.05) is 11.6 Å². The summed E-state index contributed by atoms with van der Waals surface area (Å²) in [6, 6.07) is 5.19. The summed E-state index contributed by atoms with van der Waals surface area (Å²) < 4.78 is 0. The highest BCUT2D eigenvalue weighted by molar-refractivity contribution is 5.83. The van der Waals surface area contributed by atoms with Crippen molar-refractivity contribution in [1.29, 1.82) is 0 Å². The maximum absolute atomic E-state index is 9.46.